The van der Waals surface area contributed by atoms with E-state index >= 15 is 0 Å². The monoisotopic (exact) mass is 399 g/mol. The van der Waals surface area contributed by atoms with Gasteiger partial charge in [-0.15, -0.1) is 0 Å². The molecule has 1 aliphatic rings. The number of esters is 1. The fourth-order valence-corrected chi connectivity index (χ4v) is 2.93. The molecule has 9 nitrogen and oxygen atoms in total. The highest BCUT2D eigenvalue weighted by molar-refractivity contribution is 5.81. The van der Waals surface area contributed by atoms with E-state index < -0.39 is 41.8 Å². The predicted molar refractivity (Wildman–Crippen MR) is 97.5 cm³/mol. The van der Waals surface area contributed by atoms with Crippen molar-refractivity contribution < 1.29 is 23.5 Å². The van der Waals surface area contributed by atoms with Gasteiger partial charge in [0.2, 0.25) is 5.91 Å². The van der Waals surface area contributed by atoms with Crippen molar-refractivity contribution in [1.82, 2.24) is 14.9 Å². The number of alkyl halides is 1. The lowest BCUT2D eigenvalue weighted by molar-refractivity contribution is -0.154. The average Bonchev–Trinajstić information content (AvgIpc) is 2.96. The second-order valence-electron chi connectivity index (χ2n) is 6.59. The van der Waals surface area contributed by atoms with E-state index in [4.69, 9.17) is 9.47 Å². The number of hydrogen-bond acceptors (Lipinski definition) is 6. The van der Waals surface area contributed by atoms with Crippen LogP contribution in [0.3, 0.4) is 0 Å². The molecule has 1 amide bonds. The fourth-order valence-electron chi connectivity index (χ4n) is 2.93. The third kappa shape index (κ3) is 5.51. The Morgan fingerprint density at radius 1 is 1.32 bits per heavy atom. The summed E-state index contributed by atoms with van der Waals surface area (Å²) in [4.78, 5) is 48.8. The number of carbonyl (C=O) groups is 2. The molecule has 0 saturated carbocycles. The molecule has 1 unspecified atom stereocenters. The molecule has 0 aromatic carbocycles. The molecule has 1 aliphatic heterocycles. The third-order valence-corrected chi connectivity index (χ3v) is 4.47. The molecule has 2 N–H and O–H groups in total. The second-order valence-corrected chi connectivity index (χ2v) is 6.59. The zero-order valence-electron chi connectivity index (χ0n) is 16.0. The Morgan fingerprint density at radius 2 is 2.07 bits per heavy atom. The number of carbonyl (C=O) groups excluding carboxylic acids is 2. The predicted octanol–water partition coefficient (Wildman–Crippen LogP) is 0.790. The highest BCUT2D eigenvalue weighted by Gasteiger charge is 2.48. The minimum Gasteiger partial charge on any atom is -0.456 e. The van der Waals surface area contributed by atoms with E-state index in [9.17, 15) is 23.6 Å². The van der Waals surface area contributed by atoms with Crippen molar-refractivity contribution in [3.63, 3.8) is 0 Å². The summed E-state index contributed by atoms with van der Waals surface area (Å²) in [5.41, 5.74) is -1.42. The van der Waals surface area contributed by atoms with Gasteiger partial charge in [-0.05, 0) is 12.8 Å². The van der Waals surface area contributed by atoms with Crippen molar-refractivity contribution in [2.45, 2.75) is 70.6 Å². The lowest BCUT2D eigenvalue weighted by Gasteiger charge is -2.18. The van der Waals surface area contributed by atoms with Crippen LogP contribution in [0.2, 0.25) is 0 Å². The van der Waals surface area contributed by atoms with E-state index in [0.717, 1.165) is 29.7 Å². The maximum absolute atomic E-state index is 14.9. The molecule has 1 saturated heterocycles. The number of amides is 1. The molecular formula is C18H26FN3O6. The van der Waals surface area contributed by atoms with E-state index in [2.05, 4.69) is 5.32 Å². The van der Waals surface area contributed by atoms with Crippen molar-refractivity contribution in [2.24, 2.45) is 0 Å². The van der Waals surface area contributed by atoms with Crippen LogP contribution in [0.1, 0.15) is 52.2 Å². The number of nitrogens with one attached hydrogen (secondary N) is 2. The minimum absolute atomic E-state index is 0.0489. The van der Waals surface area contributed by atoms with Gasteiger partial charge in [0.05, 0.1) is 6.42 Å². The topological polar surface area (TPSA) is 119 Å². The number of ether oxygens (including phenoxy) is 2. The van der Waals surface area contributed by atoms with Crippen LogP contribution in [0, 0.1) is 0 Å². The zero-order valence-corrected chi connectivity index (χ0v) is 16.0. The van der Waals surface area contributed by atoms with Gasteiger partial charge in [0.15, 0.2) is 18.5 Å². The lowest BCUT2D eigenvalue weighted by atomic mass is 10.1. The van der Waals surface area contributed by atoms with Gasteiger partial charge in [0.25, 0.3) is 5.56 Å². The van der Waals surface area contributed by atoms with Gasteiger partial charge in [-0.25, -0.2) is 9.18 Å². The normalized spacial score (nSPS) is 24.1. The van der Waals surface area contributed by atoms with Crippen LogP contribution in [-0.2, 0) is 19.1 Å². The molecule has 4 atom stereocenters. The Bertz CT molecular complexity index is 792. The Morgan fingerprint density at radius 3 is 2.71 bits per heavy atom. The van der Waals surface area contributed by atoms with E-state index in [1.54, 1.807) is 6.92 Å². The molecule has 1 fully saturated rings. The van der Waals surface area contributed by atoms with Crippen LogP contribution < -0.4 is 16.6 Å². The number of halogens is 1. The Labute approximate surface area is 161 Å². The molecule has 0 bridgehead atoms. The quantitative estimate of drug-likeness (QED) is 0.468. The first-order valence-corrected chi connectivity index (χ1v) is 9.44. The van der Waals surface area contributed by atoms with E-state index in [-0.39, 0.29) is 18.7 Å². The summed E-state index contributed by atoms with van der Waals surface area (Å²) in [5.74, 6) is -0.982. The number of aromatic nitrogens is 2. The van der Waals surface area contributed by atoms with Crippen molar-refractivity contribution in [1.29, 1.82) is 0 Å². The molecule has 0 spiro atoms. The van der Waals surface area contributed by atoms with Gasteiger partial charge < -0.3 is 14.8 Å². The van der Waals surface area contributed by atoms with Crippen molar-refractivity contribution in [3.8, 4) is 0 Å². The third-order valence-electron chi connectivity index (χ3n) is 4.47. The number of H-pyrrole nitrogens is 1. The van der Waals surface area contributed by atoms with Crippen molar-refractivity contribution in [3.05, 3.63) is 33.1 Å². The highest BCUT2D eigenvalue weighted by atomic mass is 19.1. The van der Waals surface area contributed by atoms with Gasteiger partial charge in [-0.2, -0.15) is 0 Å². The van der Waals surface area contributed by atoms with Crippen LogP contribution in [0.5, 0.6) is 0 Å². The van der Waals surface area contributed by atoms with Crippen LogP contribution in [0.4, 0.5) is 4.39 Å². The lowest BCUT2D eigenvalue weighted by Crippen LogP contribution is -2.37. The molecule has 1 aromatic rings. The molecular weight excluding hydrogens is 373 g/mol. The molecule has 2 rings (SSSR count). The van der Waals surface area contributed by atoms with E-state index in [1.807, 2.05) is 11.9 Å². The Hall–Kier alpha value is -2.49. The maximum atomic E-state index is 14.9. The van der Waals surface area contributed by atoms with Crippen molar-refractivity contribution >= 4 is 11.9 Å². The highest BCUT2D eigenvalue weighted by Crippen LogP contribution is 2.34. The van der Waals surface area contributed by atoms with E-state index in [1.165, 1.54) is 0 Å². The first-order valence-electron chi connectivity index (χ1n) is 9.44. The van der Waals surface area contributed by atoms with Crippen LogP contribution in [0.25, 0.3) is 0 Å². The van der Waals surface area contributed by atoms with Gasteiger partial charge in [-0.1, -0.05) is 20.3 Å². The summed E-state index contributed by atoms with van der Waals surface area (Å²) >= 11 is 0. The first-order chi connectivity index (χ1) is 13.4. The van der Waals surface area contributed by atoms with Gasteiger partial charge >= 0.3 is 11.7 Å². The minimum atomic E-state index is -1.80. The number of rotatable bonds is 9. The Balaban J connectivity index is 1.96. The number of aromatic amines is 1. The number of hydrogen-bond donors (Lipinski definition) is 2. The van der Waals surface area contributed by atoms with Crippen LogP contribution in [0.15, 0.2) is 21.9 Å². The SMILES string of the molecule is CCCCNC(=O)CCC(=O)O[C@@H]1C(F)[C@H](n2ccc(=O)[nH]c2=O)O[C@@H]1CC. The summed E-state index contributed by atoms with van der Waals surface area (Å²) in [6.45, 7) is 4.28. The standard InChI is InChI=1S/C18H26FN3O6/c1-3-5-9-20-12(23)6-7-14(25)28-16-11(4-2)27-17(15(16)19)22-10-8-13(24)21-18(22)26/h8,10-11,15-17H,3-7,9H2,1-2H3,(H,20,23)(H,21,24,26)/t11-,15?,16+,17-/m1/s1. The van der Waals surface area contributed by atoms with Gasteiger partial charge in [0.1, 0.15) is 6.10 Å². The smallest absolute Gasteiger partial charge is 0.330 e. The summed E-state index contributed by atoms with van der Waals surface area (Å²) in [5, 5.41) is 2.69. The second kappa shape index (κ2) is 10.2. The van der Waals surface area contributed by atoms with Crippen LogP contribution in [-0.4, -0.2) is 46.4 Å². The van der Waals surface area contributed by atoms with Gasteiger partial charge in [0, 0.05) is 25.2 Å². The molecule has 28 heavy (non-hydrogen) atoms. The number of unbranched alkanes of at least 4 members (excludes halogenated alkanes) is 1. The number of nitrogens with zero attached hydrogens (tertiary/aromatic N) is 1. The maximum Gasteiger partial charge on any atom is 0.330 e. The Kier molecular flexibility index (Phi) is 7.91. The summed E-state index contributed by atoms with van der Waals surface area (Å²) in [7, 11) is 0. The van der Waals surface area contributed by atoms with Crippen LogP contribution >= 0.6 is 0 Å². The zero-order chi connectivity index (χ0) is 20.7. The molecule has 0 radical (unpaired) electrons. The summed E-state index contributed by atoms with van der Waals surface area (Å²) in [6, 6.07) is 1.08. The molecule has 0 aliphatic carbocycles. The average molecular weight is 399 g/mol. The molecule has 1 aromatic heterocycles. The van der Waals surface area contributed by atoms with Gasteiger partial charge in [-0.3, -0.25) is 23.9 Å². The molecule has 2 heterocycles. The largest absolute Gasteiger partial charge is 0.456 e. The summed E-state index contributed by atoms with van der Waals surface area (Å²) < 4.78 is 26.6. The van der Waals surface area contributed by atoms with Crippen molar-refractivity contribution in [2.75, 3.05) is 6.54 Å². The first kappa shape index (κ1) is 21.8. The fraction of sp³-hybridized carbons (Fsp3) is 0.667. The van der Waals surface area contributed by atoms with E-state index in [0.29, 0.717) is 13.0 Å². The molecule has 156 valence electrons. The summed E-state index contributed by atoms with van der Waals surface area (Å²) in [6.07, 6.45) is -2.01. The molecule has 10 heteroatoms.